The molecule has 28 heavy (non-hydrogen) atoms. The Balaban J connectivity index is 1.50. The SMILES string of the molecule is O=C(c1ccc(C(F)(F)F)[nH]c1=O)N1CCN(CCOc2ccccc2)CC1. The van der Waals surface area contributed by atoms with E-state index >= 15 is 0 Å². The molecule has 0 spiro atoms. The lowest BCUT2D eigenvalue weighted by molar-refractivity contribution is -0.141. The summed E-state index contributed by atoms with van der Waals surface area (Å²) in [4.78, 5) is 29.7. The molecule has 1 aromatic heterocycles. The van der Waals surface area contributed by atoms with Crippen LogP contribution in [-0.2, 0) is 6.18 Å². The quantitative estimate of drug-likeness (QED) is 0.843. The van der Waals surface area contributed by atoms with E-state index in [2.05, 4.69) is 4.90 Å². The number of halogens is 3. The summed E-state index contributed by atoms with van der Waals surface area (Å²) in [7, 11) is 0. The van der Waals surface area contributed by atoms with Crippen LogP contribution >= 0.6 is 0 Å². The normalized spacial score (nSPS) is 15.5. The van der Waals surface area contributed by atoms with E-state index in [1.807, 2.05) is 30.3 Å². The van der Waals surface area contributed by atoms with Crippen molar-refractivity contribution < 1.29 is 22.7 Å². The molecule has 0 atom stereocenters. The summed E-state index contributed by atoms with van der Waals surface area (Å²) in [5.41, 5.74) is -2.48. The first-order valence-electron chi connectivity index (χ1n) is 8.84. The van der Waals surface area contributed by atoms with E-state index < -0.39 is 23.3 Å². The van der Waals surface area contributed by atoms with E-state index in [9.17, 15) is 22.8 Å². The summed E-state index contributed by atoms with van der Waals surface area (Å²) in [5.74, 6) is 0.230. The fourth-order valence-electron chi connectivity index (χ4n) is 2.96. The molecule has 0 unspecified atom stereocenters. The summed E-state index contributed by atoms with van der Waals surface area (Å²) in [6, 6.07) is 11.1. The van der Waals surface area contributed by atoms with Gasteiger partial charge in [0.05, 0.1) is 0 Å². The molecular formula is C19H20F3N3O3. The Morgan fingerprint density at radius 1 is 1.04 bits per heavy atom. The fourth-order valence-corrected chi connectivity index (χ4v) is 2.96. The lowest BCUT2D eigenvalue weighted by atomic mass is 10.2. The van der Waals surface area contributed by atoms with Crippen LogP contribution in [0, 0.1) is 0 Å². The van der Waals surface area contributed by atoms with E-state index in [0.717, 1.165) is 11.8 Å². The molecule has 1 fully saturated rings. The third-order valence-electron chi connectivity index (χ3n) is 4.52. The van der Waals surface area contributed by atoms with Crippen molar-refractivity contribution in [3.8, 4) is 5.75 Å². The first-order chi connectivity index (χ1) is 13.3. The van der Waals surface area contributed by atoms with Crippen molar-refractivity contribution in [2.45, 2.75) is 6.18 Å². The van der Waals surface area contributed by atoms with Gasteiger partial charge in [-0.1, -0.05) is 18.2 Å². The van der Waals surface area contributed by atoms with Crippen LogP contribution in [0.2, 0.25) is 0 Å². The zero-order chi connectivity index (χ0) is 20.1. The number of piperazine rings is 1. The van der Waals surface area contributed by atoms with Crippen molar-refractivity contribution in [1.29, 1.82) is 0 Å². The summed E-state index contributed by atoms with van der Waals surface area (Å²) in [6.45, 7) is 3.19. The average Bonchev–Trinajstić information content (AvgIpc) is 2.68. The van der Waals surface area contributed by atoms with E-state index in [1.54, 1.807) is 4.98 Å². The predicted octanol–water partition coefficient (Wildman–Crippen LogP) is 2.23. The number of aromatic nitrogens is 1. The van der Waals surface area contributed by atoms with Gasteiger partial charge in [-0.25, -0.2) is 0 Å². The minimum Gasteiger partial charge on any atom is -0.492 e. The standard InChI is InChI=1S/C19H20F3N3O3/c20-19(21,22)16-7-6-15(17(26)23-16)18(27)25-10-8-24(9-11-25)12-13-28-14-4-2-1-3-5-14/h1-7H,8-13H2,(H,23,26). The van der Waals surface area contributed by atoms with Crippen LogP contribution in [0.25, 0.3) is 0 Å². The number of para-hydroxylation sites is 1. The number of nitrogens with zero attached hydrogens (tertiary/aromatic N) is 2. The molecule has 9 heteroatoms. The number of aromatic amines is 1. The Hall–Kier alpha value is -2.81. The molecule has 1 aliphatic rings. The number of amides is 1. The van der Waals surface area contributed by atoms with Gasteiger partial charge in [0, 0.05) is 32.7 Å². The summed E-state index contributed by atoms with van der Waals surface area (Å²) >= 11 is 0. The number of carbonyl (C=O) groups excluding carboxylic acids is 1. The Morgan fingerprint density at radius 3 is 2.32 bits per heavy atom. The van der Waals surface area contributed by atoms with Gasteiger partial charge in [0.2, 0.25) is 0 Å². The minimum absolute atomic E-state index is 0.283. The number of hydrogen-bond donors (Lipinski definition) is 1. The van der Waals surface area contributed by atoms with Gasteiger partial charge >= 0.3 is 6.18 Å². The lowest BCUT2D eigenvalue weighted by Gasteiger charge is -2.34. The van der Waals surface area contributed by atoms with Crippen LogP contribution in [-0.4, -0.2) is 60.0 Å². The Labute approximate surface area is 159 Å². The average molecular weight is 395 g/mol. The first kappa shape index (κ1) is 19.9. The molecule has 150 valence electrons. The first-order valence-corrected chi connectivity index (χ1v) is 8.84. The number of alkyl halides is 3. The molecule has 3 rings (SSSR count). The number of pyridine rings is 1. The van der Waals surface area contributed by atoms with Gasteiger partial charge < -0.3 is 14.6 Å². The number of ether oxygens (including phenoxy) is 1. The molecule has 0 radical (unpaired) electrons. The van der Waals surface area contributed by atoms with Gasteiger partial charge in [0.25, 0.3) is 11.5 Å². The van der Waals surface area contributed by atoms with Crippen molar-refractivity contribution in [2.24, 2.45) is 0 Å². The molecule has 1 saturated heterocycles. The number of benzene rings is 1. The number of rotatable bonds is 5. The summed E-state index contributed by atoms with van der Waals surface area (Å²) in [5, 5.41) is 0. The van der Waals surface area contributed by atoms with Crippen LogP contribution in [0.3, 0.4) is 0 Å². The van der Waals surface area contributed by atoms with Crippen LogP contribution < -0.4 is 10.3 Å². The Bertz CT molecular complexity index is 860. The lowest BCUT2D eigenvalue weighted by Crippen LogP contribution is -2.50. The summed E-state index contributed by atoms with van der Waals surface area (Å²) in [6.07, 6.45) is -4.66. The number of hydrogen-bond acceptors (Lipinski definition) is 4. The van der Waals surface area contributed by atoms with Crippen LogP contribution in [0.15, 0.2) is 47.3 Å². The second kappa shape index (κ2) is 8.47. The highest BCUT2D eigenvalue weighted by Gasteiger charge is 2.33. The maximum atomic E-state index is 12.6. The molecule has 0 bridgehead atoms. The van der Waals surface area contributed by atoms with E-state index in [0.29, 0.717) is 45.4 Å². The maximum absolute atomic E-state index is 12.6. The Morgan fingerprint density at radius 2 is 1.71 bits per heavy atom. The monoisotopic (exact) mass is 395 g/mol. The molecule has 0 saturated carbocycles. The fraction of sp³-hybridized carbons (Fsp3) is 0.368. The minimum atomic E-state index is -4.66. The van der Waals surface area contributed by atoms with Crippen LogP contribution in [0.1, 0.15) is 16.1 Å². The third-order valence-corrected chi connectivity index (χ3v) is 4.52. The van der Waals surface area contributed by atoms with Gasteiger partial charge in [-0.3, -0.25) is 14.5 Å². The van der Waals surface area contributed by atoms with Gasteiger partial charge in [-0.05, 0) is 24.3 Å². The smallest absolute Gasteiger partial charge is 0.431 e. The number of H-pyrrole nitrogens is 1. The second-order valence-corrected chi connectivity index (χ2v) is 6.41. The van der Waals surface area contributed by atoms with E-state index in [-0.39, 0.29) is 5.56 Å². The highest BCUT2D eigenvalue weighted by Crippen LogP contribution is 2.26. The highest BCUT2D eigenvalue weighted by molar-refractivity contribution is 5.93. The van der Waals surface area contributed by atoms with E-state index in [4.69, 9.17) is 4.74 Å². The van der Waals surface area contributed by atoms with Gasteiger partial charge in [0.15, 0.2) is 0 Å². The zero-order valence-electron chi connectivity index (χ0n) is 15.0. The molecule has 1 N–H and O–H groups in total. The third kappa shape index (κ3) is 4.92. The zero-order valence-corrected chi connectivity index (χ0v) is 15.0. The van der Waals surface area contributed by atoms with E-state index in [1.165, 1.54) is 4.90 Å². The molecule has 2 heterocycles. The van der Waals surface area contributed by atoms with Crippen molar-refractivity contribution in [3.63, 3.8) is 0 Å². The highest BCUT2D eigenvalue weighted by atomic mass is 19.4. The molecule has 2 aromatic rings. The second-order valence-electron chi connectivity index (χ2n) is 6.41. The maximum Gasteiger partial charge on any atom is 0.431 e. The molecule has 1 amide bonds. The van der Waals surface area contributed by atoms with Crippen LogP contribution in [0.5, 0.6) is 5.75 Å². The van der Waals surface area contributed by atoms with Crippen molar-refractivity contribution >= 4 is 5.91 Å². The van der Waals surface area contributed by atoms with Gasteiger partial charge in [0.1, 0.15) is 23.6 Å². The molecular weight excluding hydrogens is 375 g/mol. The van der Waals surface area contributed by atoms with Crippen molar-refractivity contribution in [2.75, 3.05) is 39.3 Å². The molecule has 1 aliphatic heterocycles. The molecule has 6 nitrogen and oxygen atoms in total. The van der Waals surface area contributed by atoms with Gasteiger partial charge in [-0.2, -0.15) is 13.2 Å². The number of carbonyl (C=O) groups is 1. The number of nitrogens with one attached hydrogen (secondary N) is 1. The molecule has 0 aliphatic carbocycles. The van der Waals surface area contributed by atoms with Crippen molar-refractivity contribution in [3.05, 3.63) is 64.1 Å². The molecule has 1 aromatic carbocycles. The predicted molar refractivity (Wildman–Crippen MR) is 96.3 cm³/mol. The van der Waals surface area contributed by atoms with Crippen LogP contribution in [0.4, 0.5) is 13.2 Å². The van der Waals surface area contributed by atoms with Crippen molar-refractivity contribution in [1.82, 2.24) is 14.8 Å². The Kier molecular flexibility index (Phi) is 6.03. The topological polar surface area (TPSA) is 65.6 Å². The summed E-state index contributed by atoms with van der Waals surface area (Å²) < 4.78 is 43.5. The van der Waals surface area contributed by atoms with Gasteiger partial charge in [-0.15, -0.1) is 0 Å². The largest absolute Gasteiger partial charge is 0.492 e.